The van der Waals surface area contributed by atoms with E-state index in [0.717, 1.165) is 5.56 Å². The van der Waals surface area contributed by atoms with E-state index in [0.29, 0.717) is 15.9 Å². The van der Waals surface area contributed by atoms with Crippen LogP contribution in [-0.2, 0) is 0 Å². The number of hydrogen-bond donors (Lipinski definition) is 0. The lowest BCUT2D eigenvalue weighted by Gasteiger charge is -1.97. The molecule has 0 aliphatic carbocycles. The molecule has 0 fully saturated rings. The Morgan fingerprint density at radius 2 is 1.83 bits per heavy atom. The summed E-state index contributed by atoms with van der Waals surface area (Å²) in [5.74, 6) is 0.418. The van der Waals surface area contributed by atoms with Gasteiger partial charge in [0.25, 0.3) is 0 Å². The van der Waals surface area contributed by atoms with Crippen molar-refractivity contribution in [2.45, 2.75) is 0 Å². The molecule has 0 N–H and O–H groups in total. The van der Waals surface area contributed by atoms with E-state index < -0.39 is 0 Å². The SMILES string of the molecule is ClCC=C(Cl)c1ccc(Cl)cc1. The monoisotopic (exact) mass is 220 g/mol. The largest absolute Gasteiger partial charge is 0.122 e. The highest BCUT2D eigenvalue weighted by molar-refractivity contribution is 6.49. The summed E-state index contributed by atoms with van der Waals surface area (Å²) in [7, 11) is 0. The summed E-state index contributed by atoms with van der Waals surface area (Å²) in [5.41, 5.74) is 0.932. The van der Waals surface area contributed by atoms with E-state index in [9.17, 15) is 0 Å². The van der Waals surface area contributed by atoms with E-state index in [1.807, 2.05) is 12.1 Å². The molecule has 0 unspecified atom stereocenters. The van der Waals surface area contributed by atoms with Crippen molar-refractivity contribution in [3.63, 3.8) is 0 Å². The Morgan fingerprint density at radius 3 is 2.33 bits per heavy atom. The average molecular weight is 222 g/mol. The fourth-order valence-electron chi connectivity index (χ4n) is 0.795. The minimum atomic E-state index is 0.418. The second kappa shape index (κ2) is 4.76. The summed E-state index contributed by atoms with van der Waals surface area (Å²) in [4.78, 5) is 0. The maximum Gasteiger partial charge on any atom is 0.0450 e. The topological polar surface area (TPSA) is 0 Å². The summed E-state index contributed by atoms with van der Waals surface area (Å²) < 4.78 is 0. The van der Waals surface area contributed by atoms with Crippen molar-refractivity contribution < 1.29 is 0 Å². The zero-order chi connectivity index (χ0) is 8.97. The van der Waals surface area contributed by atoms with Crippen molar-refractivity contribution in [2.75, 3.05) is 5.88 Å². The van der Waals surface area contributed by atoms with Gasteiger partial charge in [0.15, 0.2) is 0 Å². The normalized spacial score (nSPS) is 11.8. The van der Waals surface area contributed by atoms with E-state index in [-0.39, 0.29) is 0 Å². The van der Waals surface area contributed by atoms with Gasteiger partial charge in [0.05, 0.1) is 0 Å². The van der Waals surface area contributed by atoms with E-state index in [1.165, 1.54) is 0 Å². The molecule has 0 aliphatic heterocycles. The highest BCUT2D eigenvalue weighted by Crippen LogP contribution is 2.20. The van der Waals surface area contributed by atoms with E-state index in [4.69, 9.17) is 34.8 Å². The molecule has 64 valence electrons. The van der Waals surface area contributed by atoms with Gasteiger partial charge in [-0.15, -0.1) is 11.6 Å². The molecule has 0 heterocycles. The van der Waals surface area contributed by atoms with E-state index in [2.05, 4.69) is 0 Å². The number of benzene rings is 1. The predicted molar refractivity (Wildman–Crippen MR) is 56.0 cm³/mol. The van der Waals surface area contributed by atoms with Crippen molar-refractivity contribution in [3.05, 3.63) is 40.9 Å². The molecule has 0 radical (unpaired) electrons. The standard InChI is InChI=1S/C9H7Cl3/c10-6-5-9(12)7-1-3-8(11)4-2-7/h1-5H,6H2. The van der Waals surface area contributed by atoms with Crippen molar-refractivity contribution in [1.82, 2.24) is 0 Å². The first-order valence-corrected chi connectivity index (χ1v) is 4.70. The third kappa shape index (κ3) is 2.71. The highest BCUT2D eigenvalue weighted by atomic mass is 35.5. The Labute approximate surface area is 86.7 Å². The Hall–Kier alpha value is -0.170. The van der Waals surface area contributed by atoms with Crippen LogP contribution in [0.3, 0.4) is 0 Å². The lowest BCUT2D eigenvalue weighted by atomic mass is 10.2. The predicted octanol–water partition coefficient (Wildman–Crippen LogP) is 4.16. The molecule has 0 aromatic heterocycles. The average Bonchev–Trinajstić information content (AvgIpc) is 2.06. The number of rotatable bonds is 2. The summed E-state index contributed by atoms with van der Waals surface area (Å²) in [6.07, 6.45) is 1.74. The molecule has 0 aliphatic rings. The molecule has 3 heteroatoms. The van der Waals surface area contributed by atoms with Gasteiger partial charge >= 0.3 is 0 Å². The van der Waals surface area contributed by atoms with Gasteiger partial charge in [-0.1, -0.05) is 41.4 Å². The van der Waals surface area contributed by atoms with E-state index >= 15 is 0 Å². The number of hydrogen-bond acceptors (Lipinski definition) is 0. The maximum atomic E-state index is 5.89. The third-order valence-electron chi connectivity index (χ3n) is 1.38. The molecule has 0 atom stereocenters. The van der Waals surface area contributed by atoms with Crippen LogP contribution in [0.5, 0.6) is 0 Å². The van der Waals surface area contributed by atoms with Crippen molar-refractivity contribution >= 4 is 39.8 Å². The second-order valence-corrected chi connectivity index (χ2v) is 3.37. The van der Waals surface area contributed by atoms with Gasteiger partial charge in [-0.3, -0.25) is 0 Å². The summed E-state index contributed by atoms with van der Waals surface area (Å²) in [6, 6.07) is 7.30. The number of halogens is 3. The quantitative estimate of drug-likeness (QED) is 0.658. The minimum Gasteiger partial charge on any atom is -0.122 e. The molecule has 0 spiro atoms. The number of allylic oxidation sites excluding steroid dienone is 1. The summed E-state index contributed by atoms with van der Waals surface area (Å²) in [5, 5.41) is 1.36. The molecule has 0 amide bonds. The first-order chi connectivity index (χ1) is 5.74. The van der Waals surface area contributed by atoms with Crippen LogP contribution >= 0.6 is 34.8 Å². The lowest BCUT2D eigenvalue weighted by molar-refractivity contribution is 1.63. The molecule has 12 heavy (non-hydrogen) atoms. The lowest BCUT2D eigenvalue weighted by Crippen LogP contribution is -1.76. The summed E-state index contributed by atoms with van der Waals surface area (Å²) in [6.45, 7) is 0. The van der Waals surface area contributed by atoms with Gasteiger partial charge in [-0.05, 0) is 17.7 Å². The van der Waals surface area contributed by atoms with Crippen LogP contribution in [0.4, 0.5) is 0 Å². The fourth-order valence-corrected chi connectivity index (χ4v) is 1.36. The first kappa shape index (κ1) is 9.91. The number of alkyl halides is 1. The Balaban J connectivity index is 2.89. The van der Waals surface area contributed by atoms with Crippen molar-refractivity contribution in [2.24, 2.45) is 0 Å². The smallest absolute Gasteiger partial charge is 0.0450 e. The maximum absolute atomic E-state index is 5.89. The van der Waals surface area contributed by atoms with Gasteiger partial charge < -0.3 is 0 Å². The van der Waals surface area contributed by atoms with E-state index in [1.54, 1.807) is 18.2 Å². The van der Waals surface area contributed by atoms with Crippen LogP contribution in [0, 0.1) is 0 Å². The molecule has 0 saturated heterocycles. The first-order valence-electron chi connectivity index (χ1n) is 3.41. The molecular formula is C9H7Cl3. The molecule has 1 aromatic carbocycles. The van der Waals surface area contributed by atoms with Gasteiger partial charge in [0.2, 0.25) is 0 Å². The zero-order valence-corrected chi connectivity index (χ0v) is 8.50. The Bertz CT molecular complexity index is 274. The highest BCUT2D eigenvalue weighted by Gasteiger charge is 1.95. The molecular weight excluding hydrogens is 214 g/mol. The van der Waals surface area contributed by atoms with Gasteiger partial charge in [0.1, 0.15) is 0 Å². The molecule has 1 aromatic rings. The zero-order valence-electron chi connectivity index (χ0n) is 6.23. The van der Waals surface area contributed by atoms with Crippen LogP contribution in [0.15, 0.2) is 30.3 Å². The fraction of sp³-hybridized carbons (Fsp3) is 0.111. The third-order valence-corrected chi connectivity index (χ3v) is 2.16. The van der Waals surface area contributed by atoms with Gasteiger partial charge in [0, 0.05) is 15.9 Å². The molecule has 0 saturated carbocycles. The van der Waals surface area contributed by atoms with Crippen LogP contribution in [0.25, 0.3) is 5.03 Å². The van der Waals surface area contributed by atoms with Gasteiger partial charge in [-0.25, -0.2) is 0 Å². The van der Waals surface area contributed by atoms with Crippen LogP contribution in [-0.4, -0.2) is 5.88 Å². The van der Waals surface area contributed by atoms with Crippen molar-refractivity contribution in [1.29, 1.82) is 0 Å². The second-order valence-electron chi connectivity index (χ2n) is 2.21. The minimum absolute atomic E-state index is 0.418. The van der Waals surface area contributed by atoms with Crippen LogP contribution in [0.2, 0.25) is 5.02 Å². The van der Waals surface area contributed by atoms with Crippen molar-refractivity contribution in [3.8, 4) is 0 Å². The molecule has 0 bridgehead atoms. The Kier molecular flexibility index (Phi) is 3.93. The van der Waals surface area contributed by atoms with Crippen LogP contribution < -0.4 is 0 Å². The molecule has 0 nitrogen and oxygen atoms in total. The van der Waals surface area contributed by atoms with Gasteiger partial charge in [-0.2, -0.15) is 0 Å². The van der Waals surface area contributed by atoms with Crippen LogP contribution in [0.1, 0.15) is 5.56 Å². The molecule has 1 rings (SSSR count). The summed E-state index contributed by atoms with van der Waals surface area (Å²) >= 11 is 17.1. The Morgan fingerprint density at radius 1 is 1.25 bits per heavy atom.